The molecule has 40 atom stereocenters. The summed E-state index contributed by atoms with van der Waals surface area (Å²) in [7, 11) is 0. The number of aliphatic hydroxyl groups excluding tert-OH is 21. The lowest BCUT2D eigenvalue weighted by atomic mass is 9.93. The molecule has 0 aromatic rings. The van der Waals surface area contributed by atoms with Crippen LogP contribution in [0.25, 0.3) is 0 Å². The summed E-state index contributed by atoms with van der Waals surface area (Å²) in [6.45, 7) is -2.91. The molecule has 0 aliphatic carbocycles. The molecule has 8 heterocycles. The maximum absolute atomic E-state index is 13.0. The van der Waals surface area contributed by atoms with Crippen molar-refractivity contribution in [2.45, 2.75) is 280 Å². The number of aliphatic hydroxyl groups is 21. The van der Waals surface area contributed by atoms with Crippen LogP contribution in [0.5, 0.6) is 0 Å². The molecule has 104 heavy (non-hydrogen) atoms. The summed E-state index contributed by atoms with van der Waals surface area (Å²) in [6, 6.07) is -8.76. The van der Waals surface area contributed by atoms with Crippen molar-refractivity contribution in [3.63, 3.8) is 0 Å². The van der Waals surface area contributed by atoms with E-state index in [1.807, 2.05) is 0 Å². The highest BCUT2D eigenvalue weighted by Crippen LogP contribution is 2.38. The minimum absolute atomic E-state index is 0.771. The quantitative estimate of drug-likeness (QED) is 0.0363. The van der Waals surface area contributed by atoms with E-state index < -0.39 is 328 Å². The summed E-state index contributed by atoms with van der Waals surface area (Å²) in [5.41, 5.74) is 0. The molecule has 1 unspecified atom stereocenters. The minimum Gasteiger partial charge on any atom is -0.394 e. The largest absolute Gasteiger partial charge is 0.394 e. The van der Waals surface area contributed by atoms with Crippen LogP contribution in [0.3, 0.4) is 0 Å². The average Bonchev–Trinajstić information content (AvgIpc) is 0.788. The standard InChI is InChI=1S/C58H97N5O41/c1-14(70)59-27-38(81)32(75)19(6-64)93-52(27)91-13-26-37(80)50(104-54-28(60-15(2)71)39(82)33(76)20(7-65)94-54)45(88)58(99-26)101-47-24(11-69)98-55(30(41(47)84)62-17(4)73)103-49-35(78)22(9-67)96-57(44(49)87)102-48-31(63-18(5)74)51(89)92-25(36(48)79)12-90-53-29(61-16(3)72)40(83)46(23(10-68)97-53)100-56-43(86)42(85)34(77)21(8-66)95-56/h19-58,64-69,75-89H,6-13H2,1-5H3,(H,59,70)(H,60,71)(H,61,72)(H,62,73)(H,63,74)/t19-,20-,21-,22-,23-,24-,25-,26-,27-,28-,29-,30-,31-,32-,33-,34+,35+,36+,37+,38-,39-,40-,41-,42+,43-,44-,45-,46-,47-,48-,49+,50+,51?,52-,53-,54+,55+,56+,57+,58+/m1/s1. The highest BCUT2D eigenvalue weighted by molar-refractivity contribution is 5.75. The number of nitrogens with one attached hydrogen (secondary N) is 5. The Bertz CT molecular complexity index is 2770. The number of amides is 5. The van der Waals surface area contributed by atoms with Crippen molar-refractivity contribution in [1.82, 2.24) is 26.6 Å². The van der Waals surface area contributed by atoms with E-state index in [4.69, 9.17) is 71.1 Å². The first-order chi connectivity index (χ1) is 49.1. The van der Waals surface area contributed by atoms with Crippen LogP contribution in [0.15, 0.2) is 0 Å². The van der Waals surface area contributed by atoms with E-state index in [2.05, 4.69) is 26.6 Å². The number of carbonyl (C=O) groups is 5. The first-order valence-corrected chi connectivity index (χ1v) is 33.1. The zero-order valence-corrected chi connectivity index (χ0v) is 56.3. The molecule has 46 nitrogen and oxygen atoms in total. The molecule has 8 aliphatic heterocycles. The van der Waals surface area contributed by atoms with Gasteiger partial charge in [-0.25, -0.2) is 0 Å². The van der Waals surface area contributed by atoms with Crippen molar-refractivity contribution in [2.24, 2.45) is 0 Å². The Balaban J connectivity index is 1.02. The van der Waals surface area contributed by atoms with Crippen molar-refractivity contribution in [1.29, 1.82) is 0 Å². The summed E-state index contributed by atoms with van der Waals surface area (Å²) in [5, 5.41) is 244. The zero-order chi connectivity index (χ0) is 76.8. The number of hydrogen-bond donors (Lipinski definition) is 26. The number of carbonyl (C=O) groups excluding carboxylic acids is 5. The third-order valence-electron chi connectivity index (χ3n) is 18.6. The van der Waals surface area contributed by atoms with E-state index >= 15 is 0 Å². The van der Waals surface area contributed by atoms with Crippen LogP contribution in [0.1, 0.15) is 34.6 Å². The van der Waals surface area contributed by atoms with Crippen LogP contribution in [0.4, 0.5) is 0 Å². The Morgan fingerprint density at radius 1 is 0.250 bits per heavy atom. The minimum atomic E-state index is -2.36. The van der Waals surface area contributed by atoms with Crippen molar-refractivity contribution < 1.29 is 202 Å². The van der Waals surface area contributed by atoms with Crippen LogP contribution in [0.2, 0.25) is 0 Å². The third-order valence-corrected chi connectivity index (χ3v) is 18.6. The smallest absolute Gasteiger partial charge is 0.217 e. The Morgan fingerprint density at radius 3 is 0.913 bits per heavy atom. The fraction of sp³-hybridized carbons (Fsp3) is 0.914. The van der Waals surface area contributed by atoms with Gasteiger partial charge in [0.05, 0.1) is 52.9 Å². The van der Waals surface area contributed by atoms with Gasteiger partial charge in [-0.05, 0) is 0 Å². The highest BCUT2D eigenvalue weighted by Gasteiger charge is 2.60. The lowest BCUT2D eigenvalue weighted by Gasteiger charge is -2.51. The molecule has 0 aromatic heterocycles. The van der Waals surface area contributed by atoms with Crippen LogP contribution < -0.4 is 26.6 Å². The molecule has 0 spiro atoms. The van der Waals surface area contributed by atoms with Gasteiger partial charge in [0.2, 0.25) is 29.5 Å². The van der Waals surface area contributed by atoms with Gasteiger partial charge >= 0.3 is 0 Å². The predicted octanol–water partition coefficient (Wildman–Crippen LogP) is -17.7. The van der Waals surface area contributed by atoms with Gasteiger partial charge in [0.1, 0.15) is 195 Å². The van der Waals surface area contributed by atoms with Crippen molar-refractivity contribution in [3.8, 4) is 0 Å². The van der Waals surface area contributed by atoms with Gasteiger partial charge in [-0.15, -0.1) is 0 Å². The number of rotatable bonds is 27. The maximum atomic E-state index is 13.0. The van der Waals surface area contributed by atoms with Crippen LogP contribution in [-0.4, -0.2) is 435 Å². The molecular weight excluding hydrogens is 1420 g/mol. The summed E-state index contributed by atoms with van der Waals surface area (Å²) in [4.78, 5) is 62.9. The molecule has 8 fully saturated rings. The molecule has 0 aromatic carbocycles. The first kappa shape index (κ1) is 85.5. The molecule has 0 saturated carbocycles. The Kier molecular flexibility index (Phi) is 30.9. The number of ether oxygens (including phenoxy) is 15. The van der Waals surface area contributed by atoms with Gasteiger partial charge in [-0.3, -0.25) is 24.0 Å². The van der Waals surface area contributed by atoms with Crippen molar-refractivity contribution >= 4 is 29.5 Å². The molecular formula is C58H97N5O41. The third kappa shape index (κ3) is 19.4. The molecule has 8 aliphatic rings. The van der Waals surface area contributed by atoms with Crippen molar-refractivity contribution in [2.75, 3.05) is 52.9 Å². The van der Waals surface area contributed by atoms with Crippen molar-refractivity contribution in [3.05, 3.63) is 0 Å². The maximum Gasteiger partial charge on any atom is 0.217 e. The highest BCUT2D eigenvalue weighted by atomic mass is 16.8. The first-order valence-electron chi connectivity index (χ1n) is 33.1. The molecule has 26 N–H and O–H groups in total. The van der Waals surface area contributed by atoms with Gasteiger partial charge in [0.15, 0.2) is 50.3 Å². The summed E-state index contributed by atoms with van der Waals surface area (Å²) in [6.07, 6.45) is -68.8. The lowest BCUT2D eigenvalue weighted by molar-refractivity contribution is -0.384. The van der Waals surface area contributed by atoms with E-state index in [1.165, 1.54) is 0 Å². The van der Waals surface area contributed by atoms with E-state index in [9.17, 15) is 131 Å². The Morgan fingerprint density at radius 2 is 0.510 bits per heavy atom. The van der Waals surface area contributed by atoms with E-state index in [1.54, 1.807) is 0 Å². The van der Waals surface area contributed by atoms with E-state index in [0.717, 1.165) is 34.6 Å². The van der Waals surface area contributed by atoms with E-state index in [-0.39, 0.29) is 0 Å². The molecule has 46 heteroatoms. The summed E-state index contributed by atoms with van der Waals surface area (Å²) >= 11 is 0. The van der Waals surface area contributed by atoms with Gasteiger partial charge in [-0.1, -0.05) is 0 Å². The fourth-order valence-corrected chi connectivity index (χ4v) is 13.3. The zero-order valence-electron chi connectivity index (χ0n) is 56.3. The Labute approximate surface area is 589 Å². The molecule has 5 amide bonds. The average molecular weight is 1520 g/mol. The lowest BCUT2D eigenvalue weighted by Crippen LogP contribution is -2.71. The van der Waals surface area contributed by atoms with E-state index in [0.29, 0.717) is 0 Å². The summed E-state index contributed by atoms with van der Waals surface area (Å²) in [5.74, 6) is -4.25. The monoisotopic (exact) mass is 1520 g/mol. The molecule has 8 rings (SSSR count). The summed E-state index contributed by atoms with van der Waals surface area (Å²) < 4.78 is 87.9. The van der Waals surface area contributed by atoms with Gasteiger partial charge in [-0.2, -0.15) is 0 Å². The molecule has 0 bridgehead atoms. The topological polar surface area (TPSA) is 709 Å². The number of hydrogen-bond acceptors (Lipinski definition) is 41. The van der Waals surface area contributed by atoms with Crippen LogP contribution in [0, 0.1) is 0 Å². The fourth-order valence-electron chi connectivity index (χ4n) is 13.3. The van der Waals surface area contributed by atoms with Gasteiger partial charge < -0.3 is 205 Å². The second kappa shape index (κ2) is 37.5. The normalized spacial score (nSPS) is 47.2. The van der Waals surface area contributed by atoms with Gasteiger partial charge in [0.25, 0.3) is 0 Å². The van der Waals surface area contributed by atoms with Crippen LogP contribution in [-0.2, 0) is 95.0 Å². The van der Waals surface area contributed by atoms with Gasteiger partial charge in [0, 0.05) is 34.6 Å². The predicted molar refractivity (Wildman–Crippen MR) is 322 cm³/mol. The SMILES string of the molecule is CC(=O)N[C@H]1[C@H](OC[C@H]2OC(O)[C@H](NC(C)=O)[C@@H](O[C@@H]3O[C@H](CO)[C@H](O)[C@H](O[C@@H]4O[C@H](CO)[C@@H](O[C@@H]5O[C@H](CO[C@@H]6O[C@H](CO)[C@@H](O)[C@H](O)[C@H]6NC(C)=O)[C@H](O)[C@H](O[C@@H]6O[C@H](CO)[C@@H](O)[C@H](O)[C@H]6NC(C)=O)[C@H]5O)[C@H](O)[C@H]4NC(C)=O)[C@H]3O)[C@H]2O)O[C@H](CO)[C@@H](O[C@@H]2O[C@H](CO)[C@H](O)[C@H](O)[C@H]2O)[C@@H]1O. The second-order valence-electron chi connectivity index (χ2n) is 26.1. The molecule has 8 saturated heterocycles. The Hall–Kier alpha value is -4.09. The van der Waals surface area contributed by atoms with Crippen LogP contribution >= 0.6 is 0 Å². The molecule has 600 valence electrons. The second-order valence-corrected chi connectivity index (χ2v) is 26.1. The molecule has 0 radical (unpaired) electrons.